The number of hydrogen-bond acceptors (Lipinski definition) is 5. The molecule has 0 aliphatic carbocycles. The van der Waals surface area contributed by atoms with Crippen LogP contribution in [0.25, 0.3) is 0 Å². The third-order valence-corrected chi connectivity index (χ3v) is 2.89. The number of ether oxygens (including phenoxy) is 1. The minimum Gasteiger partial charge on any atom is -0.444 e. The molecule has 124 valence electrons. The van der Waals surface area contributed by atoms with Crippen LogP contribution in [-0.2, 0) is 11.3 Å². The van der Waals surface area contributed by atoms with Gasteiger partial charge in [-0.3, -0.25) is 4.79 Å². The summed E-state index contributed by atoms with van der Waals surface area (Å²) in [4.78, 5) is 23.4. The predicted octanol–water partition coefficient (Wildman–Crippen LogP) is 2.24. The monoisotopic (exact) mass is 330 g/mol. The van der Waals surface area contributed by atoms with Gasteiger partial charge in [-0.2, -0.15) is 5.10 Å². The predicted molar refractivity (Wildman–Crippen MR) is 86.5 cm³/mol. The molecule has 0 saturated carbocycles. The van der Waals surface area contributed by atoms with Crippen molar-refractivity contribution in [3.8, 4) is 0 Å². The van der Waals surface area contributed by atoms with Crippen molar-refractivity contribution in [3.05, 3.63) is 21.6 Å². The van der Waals surface area contributed by atoms with Crippen molar-refractivity contribution in [2.45, 2.75) is 46.3 Å². The third-order valence-electron chi connectivity index (χ3n) is 2.53. The van der Waals surface area contributed by atoms with Crippen LogP contribution in [0.3, 0.4) is 0 Å². The van der Waals surface area contributed by atoms with E-state index in [1.54, 1.807) is 20.8 Å². The summed E-state index contributed by atoms with van der Waals surface area (Å²) in [5.41, 5.74) is -0.409. The Hall–Kier alpha value is -1.76. The number of carbonyl (C=O) groups excluding carboxylic acids is 1. The van der Waals surface area contributed by atoms with E-state index in [9.17, 15) is 9.59 Å². The highest BCUT2D eigenvalue weighted by molar-refractivity contribution is 6.32. The minimum absolute atomic E-state index is 0.0979. The van der Waals surface area contributed by atoms with Gasteiger partial charge in [-0.25, -0.2) is 9.48 Å². The Morgan fingerprint density at radius 2 is 2.09 bits per heavy atom. The Labute approximate surface area is 135 Å². The fraction of sp³-hybridized carbons (Fsp3) is 0.643. The van der Waals surface area contributed by atoms with E-state index in [2.05, 4.69) is 15.7 Å². The number of halogens is 1. The van der Waals surface area contributed by atoms with Crippen LogP contribution >= 0.6 is 11.6 Å². The maximum absolute atomic E-state index is 11.9. The van der Waals surface area contributed by atoms with Gasteiger partial charge < -0.3 is 15.4 Å². The van der Waals surface area contributed by atoms with E-state index in [-0.39, 0.29) is 10.6 Å². The summed E-state index contributed by atoms with van der Waals surface area (Å²) in [5, 5.41) is 9.70. The van der Waals surface area contributed by atoms with Crippen molar-refractivity contribution < 1.29 is 9.53 Å². The largest absolute Gasteiger partial charge is 0.444 e. The molecule has 1 aromatic rings. The van der Waals surface area contributed by atoms with E-state index >= 15 is 0 Å². The van der Waals surface area contributed by atoms with Crippen molar-refractivity contribution in [1.82, 2.24) is 15.1 Å². The van der Waals surface area contributed by atoms with Gasteiger partial charge in [-0.1, -0.05) is 18.5 Å². The first-order valence-corrected chi connectivity index (χ1v) is 7.58. The van der Waals surface area contributed by atoms with Crippen molar-refractivity contribution in [3.63, 3.8) is 0 Å². The second-order valence-corrected chi connectivity index (χ2v) is 6.13. The second-order valence-electron chi connectivity index (χ2n) is 5.76. The van der Waals surface area contributed by atoms with Gasteiger partial charge in [0, 0.05) is 19.6 Å². The molecule has 2 N–H and O–H groups in total. The number of aryl methyl sites for hydroxylation is 1. The average Bonchev–Trinajstić information content (AvgIpc) is 2.40. The van der Waals surface area contributed by atoms with Gasteiger partial charge in [0.1, 0.15) is 10.6 Å². The maximum atomic E-state index is 11.9. The van der Waals surface area contributed by atoms with Gasteiger partial charge >= 0.3 is 6.09 Å². The fourth-order valence-electron chi connectivity index (χ4n) is 1.64. The van der Waals surface area contributed by atoms with Crippen LogP contribution < -0.4 is 16.2 Å². The molecule has 1 rings (SSSR count). The molecule has 22 heavy (non-hydrogen) atoms. The van der Waals surface area contributed by atoms with Crippen LogP contribution in [-0.4, -0.2) is 34.6 Å². The van der Waals surface area contributed by atoms with Gasteiger partial charge in [0.2, 0.25) is 0 Å². The molecular weight excluding hydrogens is 308 g/mol. The van der Waals surface area contributed by atoms with Crippen molar-refractivity contribution in [2.75, 3.05) is 18.4 Å². The molecule has 0 aromatic carbocycles. The zero-order valence-corrected chi connectivity index (χ0v) is 14.2. The zero-order valence-electron chi connectivity index (χ0n) is 13.4. The molecule has 0 saturated heterocycles. The SMILES string of the molecule is CCCn1ncc(NCCNC(=O)OC(C)(C)C)c(Cl)c1=O. The molecule has 0 spiro atoms. The van der Waals surface area contributed by atoms with E-state index in [0.717, 1.165) is 6.42 Å². The second kappa shape index (κ2) is 8.03. The lowest BCUT2D eigenvalue weighted by Crippen LogP contribution is -2.35. The van der Waals surface area contributed by atoms with Crippen LogP contribution in [0.15, 0.2) is 11.0 Å². The number of alkyl carbamates (subject to hydrolysis) is 1. The number of rotatable bonds is 6. The Bertz CT molecular complexity index is 566. The molecule has 0 aliphatic rings. The standard InChI is InChI=1S/C14H23ClN4O3/c1-5-8-19-12(20)11(15)10(9-18-19)16-6-7-17-13(21)22-14(2,3)4/h9,16H,5-8H2,1-4H3,(H,17,21). The summed E-state index contributed by atoms with van der Waals surface area (Å²) in [5.74, 6) is 0. The number of anilines is 1. The average molecular weight is 331 g/mol. The Morgan fingerprint density at radius 3 is 2.68 bits per heavy atom. The molecule has 0 atom stereocenters. The number of aromatic nitrogens is 2. The highest BCUT2D eigenvalue weighted by Gasteiger charge is 2.15. The number of amides is 1. The van der Waals surface area contributed by atoms with Gasteiger partial charge in [0.15, 0.2) is 0 Å². The van der Waals surface area contributed by atoms with E-state index in [1.807, 2.05) is 6.92 Å². The molecule has 1 heterocycles. The summed E-state index contributed by atoms with van der Waals surface area (Å²) in [7, 11) is 0. The summed E-state index contributed by atoms with van der Waals surface area (Å²) in [6.07, 6.45) is 1.82. The lowest BCUT2D eigenvalue weighted by Gasteiger charge is -2.19. The maximum Gasteiger partial charge on any atom is 0.407 e. The number of nitrogens with zero attached hydrogens (tertiary/aromatic N) is 2. The number of nitrogens with one attached hydrogen (secondary N) is 2. The lowest BCUT2D eigenvalue weighted by atomic mass is 10.2. The topological polar surface area (TPSA) is 85.2 Å². The molecule has 0 aliphatic heterocycles. The minimum atomic E-state index is -0.533. The molecule has 0 radical (unpaired) electrons. The quantitative estimate of drug-likeness (QED) is 0.781. The Kier molecular flexibility index (Phi) is 6.67. The normalized spacial score (nSPS) is 11.1. The van der Waals surface area contributed by atoms with Crippen LogP contribution in [0.1, 0.15) is 34.1 Å². The molecule has 0 unspecified atom stereocenters. The van der Waals surface area contributed by atoms with Crippen LogP contribution in [0.5, 0.6) is 0 Å². The van der Waals surface area contributed by atoms with Gasteiger partial charge in [-0.05, 0) is 27.2 Å². The van der Waals surface area contributed by atoms with Gasteiger partial charge in [0.05, 0.1) is 11.9 Å². The summed E-state index contributed by atoms with van der Waals surface area (Å²) < 4.78 is 6.43. The van der Waals surface area contributed by atoms with E-state index in [1.165, 1.54) is 10.9 Å². The number of carbonyl (C=O) groups is 1. The van der Waals surface area contributed by atoms with Crippen LogP contribution in [0.2, 0.25) is 5.02 Å². The summed E-state index contributed by atoms with van der Waals surface area (Å²) >= 11 is 6.01. The van der Waals surface area contributed by atoms with E-state index in [4.69, 9.17) is 16.3 Å². The van der Waals surface area contributed by atoms with Gasteiger partial charge in [-0.15, -0.1) is 0 Å². The highest BCUT2D eigenvalue weighted by atomic mass is 35.5. The molecule has 0 bridgehead atoms. The molecule has 0 fully saturated rings. The fourth-order valence-corrected chi connectivity index (χ4v) is 1.85. The Balaban J connectivity index is 2.48. The molecule has 7 nitrogen and oxygen atoms in total. The first-order chi connectivity index (χ1) is 10.2. The first-order valence-electron chi connectivity index (χ1n) is 7.21. The van der Waals surface area contributed by atoms with Crippen LogP contribution in [0.4, 0.5) is 10.5 Å². The van der Waals surface area contributed by atoms with Crippen molar-refractivity contribution in [1.29, 1.82) is 0 Å². The first kappa shape index (κ1) is 18.3. The van der Waals surface area contributed by atoms with Crippen molar-refractivity contribution in [2.24, 2.45) is 0 Å². The zero-order chi connectivity index (χ0) is 16.8. The summed E-state index contributed by atoms with van der Waals surface area (Å²) in [6, 6.07) is 0. The van der Waals surface area contributed by atoms with E-state index < -0.39 is 11.7 Å². The smallest absolute Gasteiger partial charge is 0.407 e. The number of hydrogen-bond donors (Lipinski definition) is 2. The van der Waals surface area contributed by atoms with Crippen molar-refractivity contribution >= 4 is 23.4 Å². The lowest BCUT2D eigenvalue weighted by molar-refractivity contribution is 0.0530. The third kappa shape index (κ3) is 5.93. The van der Waals surface area contributed by atoms with Crippen LogP contribution in [0, 0.1) is 0 Å². The molecule has 1 aromatic heterocycles. The highest BCUT2D eigenvalue weighted by Crippen LogP contribution is 2.14. The molecular formula is C14H23ClN4O3. The van der Waals surface area contributed by atoms with E-state index in [0.29, 0.717) is 25.3 Å². The van der Waals surface area contributed by atoms with Gasteiger partial charge in [0.25, 0.3) is 5.56 Å². The Morgan fingerprint density at radius 1 is 1.41 bits per heavy atom. The molecule has 1 amide bonds. The summed E-state index contributed by atoms with van der Waals surface area (Å²) in [6.45, 7) is 8.60. The molecule has 8 heteroatoms.